The van der Waals surface area contributed by atoms with E-state index in [1.807, 2.05) is 6.92 Å². The van der Waals surface area contributed by atoms with Crippen LogP contribution in [0.25, 0.3) is 0 Å². The molecular formula is C31H57O10P. The van der Waals surface area contributed by atoms with Gasteiger partial charge in [0.15, 0.2) is 0 Å². The molecule has 10 nitrogen and oxygen atoms in total. The summed E-state index contributed by atoms with van der Waals surface area (Å²) in [4.78, 5) is 33.6. The standard InChI is InChI=1S/C31H57O10P/c1-3-5-7-8-9-10-11-12-13-14-15-16-17-18-19-20-21-23-31(35)41-29(25-33)27-39-42(36,37)38-26-28(24-32)40-30(34)22-6-4-2/h9-10,12-13,28-29,32-33H,3-8,11,14-27H2,1-2H3,(H,36,37)/b10-9-,13-12-. The van der Waals surface area contributed by atoms with Crippen LogP contribution in [0.5, 0.6) is 0 Å². The van der Waals surface area contributed by atoms with E-state index in [-0.39, 0.29) is 12.8 Å². The predicted octanol–water partition coefficient (Wildman–Crippen LogP) is 6.71. The number of carbonyl (C=O) groups excluding carboxylic acids is 2. The van der Waals surface area contributed by atoms with E-state index >= 15 is 0 Å². The lowest BCUT2D eigenvalue weighted by Crippen LogP contribution is -2.28. The van der Waals surface area contributed by atoms with Gasteiger partial charge in [-0.1, -0.05) is 89.5 Å². The van der Waals surface area contributed by atoms with Gasteiger partial charge in [-0.2, -0.15) is 0 Å². The Kier molecular flexibility index (Phi) is 27.2. The Bertz CT molecular complexity index is 771. The zero-order valence-electron chi connectivity index (χ0n) is 26.0. The van der Waals surface area contributed by atoms with Gasteiger partial charge >= 0.3 is 19.8 Å². The van der Waals surface area contributed by atoms with Crippen LogP contribution in [0, 0.1) is 0 Å². The van der Waals surface area contributed by atoms with Crippen LogP contribution in [0.1, 0.15) is 123 Å². The number of carbonyl (C=O) groups is 2. The number of ether oxygens (including phenoxy) is 2. The van der Waals surface area contributed by atoms with Crippen molar-refractivity contribution in [1.82, 2.24) is 0 Å². The van der Waals surface area contributed by atoms with Crippen LogP contribution in [0.15, 0.2) is 24.3 Å². The SMILES string of the molecule is CCCCC/C=C\C/C=C\CCCCCCCCCC(=O)OC(CO)COP(=O)(O)OCC(CO)OC(=O)CCCC. The molecule has 0 aromatic heterocycles. The Morgan fingerprint density at radius 2 is 1.07 bits per heavy atom. The third-order valence-electron chi connectivity index (χ3n) is 6.42. The van der Waals surface area contributed by atoms with Crippen LogP contribution in [0.4, 0.5) is 0 Å². The van der Waals surface area contributed by atoms with Crippen molar-refractivity contribution in [1.29, 1.82) is 0 Å². The van der Waals surface area contributed by atoms with Crippen molar-refractivity contribution in [3.05, 3.63) is 24.3 Å². The molecule has 0 aromatic rings. The summed E-state index contributed by atoms with van der Waals surface area (Å²) in [5.41, 5.74) is 0. The molecule has 11 heteroatoms. The number of unbranched alkanes of at least 4 members (excludes halogenated alkanes) is 11. The minimum atomic E-state index is -4.60. The van der Waals surface area contributed by atoms with Gasteiger partial charge in [0.05, 0.1) is 26.4 Å². The van der Waals surface area contributed by atoms with Gasteiger partial charge in [-0.05, 0) is 44.9 Å². The Morgan fingerprint density at radius 1 is 0.643 bits per heavy atom. The van der Waals surface area contributed by atoms with E-state index in [4.69, 9.17) is 18.5 Å². The van der Waals surface area contributed by atoms with Gasteiger partial charge in [-0.15, -0.1) is 0 Å². The fourth-order valence-corrected chi connectivity index (χ4v) is 4.67. The Labute approximate surface area is 253 Å². The highest BCUT2D eigenvalue weighted by Gasteiger charge is 2.27. The third-order valence-corrected chi connectivity index (χ3v) is 7.37. The predicted molar refractivity (Wildman–Crippen MR) is 164 cm³/mol. The Morgan fingerprint density at radius 3 is 1.55 bits per heavy atom. The maximum atomic E-state index is 12.1. The molecule has 0 aliphatic heterocycles. The van der Waals surface area contributed by atoms with Crippen molar-refractivity contribution in [3.8, 4) is 0 Å². The van der Waals surface area contributed by atoms with Crippen molar-refractivity contribution in [2.75, 3.05) is 26.4 Å². The molecule has 0 aliphatic carbocycles. The lowest BCUT2D eigenvalue weighted by atomic mass is 10.1. The average Bonchev–Trinajstić information content (AvgIpc) is 2.97. The molecule has 0 saturated carbocycles. The molecule has 3 unspecified atom stereocenters. The molecule has 0 aliphatic rings. The van der Waals surface area contributed by atoms with E-state index in [0.717, 1.165) is 38.5 Å². The van der Waals surface area contributed by atoms with Crippen LogP contribution in [-0.4, -0.2) is 65.7 Å². The maximum absolute atomic E-state index is 12.1. The highest BCUT2D eigenvalue weighted by atomic mass is 31.2. The van der Waals surface area contributed by atoms with Crippen molar-refractivity contribution in [2.45, 2.75) is 135 Å². The van der Waals surface area contributed by atoms with Crippen molar-refractivity contribution in [3.63, 3.8) is 0 Å². The summed E-state index contributed by atoms with van der Waals surface area (Å²) < 4.78 is 31.8. The molecule has 246 valence electrons. The minimum Gasteiger partial charge on any atom is -0.457 e. The number of phosphoric ester groups is 1. The number of rotatable bonds is 29. The first-order chi connectivity index (χ1) is 20.3. The first-order valence-electron chi connectivity index (χ1n) is 15.8. The molecule has 0 aromatic carbocycles. The van der Waals surface area contributed by atoms with E-state index < -0.39 is 58.4 Å². The third kappa shape index (κ3) is 26.1. The number of phosphoric acid groups is 1. The van der Waals surface area contributed by atoms with E-state index in [2.05, 4.69) is 31.2 Å². The summed E-state index contributed by atoms with van der Waals surface area (Å²) in [6.07, 6.45) is 23.0. The van der Waals surface area contributed by atoms with E-state index in [0.29, 0.717) is 12.8 Å². The number of allylic oxidation sites excluding steroid dienone is 4. The van der Waals surface area contributed by atoms with Crippen LogP contribution in [-0.2, 0) is 32.7 Å². The number of hydrogen-bond acceptors (Lipinski definition) is 9. The molecular weight excluding hydrogens is 563 g/mol. The van der Waals surface area contributed by atoms with Gasteiger partial charge in [-0.3, -0.25) is 18.6 Å². The molecule has 42 heavy (non-hydrogen) atoms. The molecule has 0 radical (unpaired) electrons. The summed E-state index contributed by atoms with van der Waals surface area (Å²) in [5.74, 6) is -1.07. The second kappa shape index (κ2) is 28.2. The van der Waals surface area contributed by atoms with Gasteiger partial charge in [0.25, 0.3) is 0 Å². The smallest absolute Gasteiger partial charge is 0.457 e. The fraction of sp³-hybridized carbons (Fsp3) is 0.806. The highest BCUT2D eigenvalue weighted by Crippen LogP contribution is 2.43. The largest absolute Gasteiger partial charge is 0.472 e. The lowest BCUT2D eigenvalue weighted by molar-refractivity contribution is -0.153. The lowest BCUT2D eigenvalue weighted by Gasteiger charge is -2.20. The van der Waals surface area contributed by atoms with E-state index in [9.17, 15) is 29.3 Å². The molecule has 0 fully saturated rings. The number of hydrogen-bond donors (Lipinski definition) is 3. The summed E-state index contributed by atoms with van der Waals surface area (Å²) in [5, 5.41) is 18.8. The first-order valence-corrected chi connectivity index (χ1v) is 17.3. The van der Waals surface area contributed by atoms with Gasteiger partial charge < -0.3 is 24.6 Å². The monoisotopic (exact) mass is 620 g/mol. The van der Waals surface area contributed by atoms with Gasteiger partial charge in [0.1, 0.15) is 12.2 Å². The van der Waals surface area contributed by atoms with Crippen LogP contribution < -0.4 is 0 Å². The van der Waals surface area contributed by atoms with Crippen molar-refractivity contribution >= 4 is 19.8 Å². The average molecular weight is 621 g/mol. The van der Waals surface area contributed by atoms with Crippen LogP contribution >= 0.6 is 7.82 Å². The number of aliphatic hydroxyl groups is 2. The summed E-state index contributed by atoms with van der Waals surface area (Å²) in [6.45, 7) is 1.84. The van der Waals surface area contributed by atoms with Crippen LogP contribution in [0.3, 0.4) is 0 Å². The van der Waals surface area contributed by atoms with Gasteiger partial charge in [0, 0.05) is 12.8 Å². The molecule has 3 atom stereocenters. The molecule has 0 spiro atoms. The minimum absolute atomic E-state index is 0.166. The Balaban J connectivity index is 3.92. The second-order valence-electron chi connectivity index (χ2n) is 10.4. The molecule has 0 saturated heterocycles. The number of esters is 2. The molecule has 0 heterocycles. The zero-order valence-corrected chi connectivity index (χ0v) is 26.9. The van der Waals surface area contributed by atoms with Crippen molar-refractivity contribution in [2.24, 2.45) is 0 Å². The quantitative estimate of drug-likeness (QED) is 0.0356. The second-order valence-corrected chi connectivity index (χ2v) is 11.9. The van der Waals surface area contributed by atoms with E-state index in [1.165, 1.54) is 44.9 Å². The van der Waals surface area contributed by atoms with Crippen molar-refractivity contribution < 1.29 is 47.8 Å². The number of aliphatic hydroxyl groups excluding tert-OH is 2. The first kappa shape index (κ1) is 40.5. The maximum Gasteiger partial charge on any atom is 0.472 e. The fourth-order valence-electron chi connectivity index (χ4n) is 3.88. The summed E-state index contributed by atoms with van der Waals surface area (Å²) in [7, 11) is -4.60. The zero-order chi connectivity index (χ0) is 31.3. The van der Waals surface area contributed by atoms with E-state index in [1.54, 1.807) is 0 Å². The molecule has 0 rings (SSSR count). The molecule has 0 bridgehead atoms. The van der Waals surface area contributed by atoms with Gasteiger partial charge in [-0.25, -0.2) is 4.57 Å². The highest BCUT2D eigenvalue weighted by molar-refractivity contribution is 7.47. The Hall–Kier alpha value is -1.55. The summed E-state index contributed by atoms with van der Waals surface area (Å²) in [6, 6.07) is 0. The topological polar surface area (TPSA) is 149 Å². The molecule has 3 N–H and O–H groups in total. The van der Waals surface area contributed by atoms with Gasteiger partial charge in [0.2, 0.25) is 0 Å². The summed E-state index contributed by atoms with van der Waals surface area (Å²) >= 11 is 0. The molecule has 0 amide bonds. The van der Waals surface area contributed by atoms with Crippen LogP contribution in [0.2, 0.25) is 0 Å². The normalized spacial score (nSPS) is 14.7.